The summed E-state index contributed by atoms with van der Waals surface area (Å²) < 4.78 is 5.19. The van der Waals surface area contributed by atoms with Crippen LogP contribution in [0, 0.1) is 5.92 Å². The van der Waals surface area contributed by atoms with Crippen molar-refractivity contribution < 1.29 is 9.53 Å². The van der Waals surface area contributed by atoms with Gasteiger partial charge in [-0.15, -0.1) is 6.58 Å². The number of hydrogen-bond acceptors (Lipinski definition) is 2. The molecule has 3 heteroatoms. The van der Waals surface area contributed by atoms with Crippen LogP contribution in [0.5, 0.6) is 5.75 Å². The van der Waals surface area contributed by atoms with E-state index in [0.717, 1.165) is 17.0 Å². The average molecular weight is 279 g/mol. The fourth-order valence-corrected chi connectivity index (χ4v) is 2.77. The zero-order valence-corrected chi connectivity index (χ0v) is 11.9. The van der Waals surface area contributed by atoms with Gasteiger partial charge in [-0.2, -0.15) is 0 Å². The van der Waals surface area contributed by atoms with Gasteiger partial charge >= 0.3 is 0 Å². The summed E-state index contributed by atoms with van der Waals surface area (Å²) in [6, 6.07) is 17.6. The minimum Gasteiger partial charge on any atom is -0.497 e. The SMILES string of the molecule is C=C[C@@H]1C(=O)N(c2ccccc2)[C@H]1c1ccc(OC)cc1. The second-order valence-electron chi connectivity index (χ2n) is 5.02. The van der Waals surface area contributed by atoms with Crippen LogP contribution in [0.1, 0.15) is 11.6 Å². The van der Waals surface area contributed by atoms with Gasteiger partial charge in [-0.3, -0.25) is 4.79 Å². The van der Waals surface area contributed by atoms with Gasteiger partial charge in [0, 0.05) is 5.69 Å². The number of rotatable bonds is 4. The molecule has 0 spiro atoms. The van der Waals surface area contributed by atoms with Crippen molar-refractivity contribution in [1.82, 2.24) is 0 Å². The van der Waals surface area contributed by atoms with Crippen LogP contribution in [-0.4, -0.2) is 13.0 Å². The van der Waals surface area contributed by atoms with Crippen LogP contribution in [0.15, 0.2) is 67.3 Å². The average Bonchev–Trinajstić information content (AvgIpc) is 2.54. The maximum absolute atomic E-state index is 12.3. The Labute approximate surface area is 124 Å². The van der Waals surface area contributed by atoms with E-state index in [1.165, 1.54) is 0 Å². The molecule has 2 atom stereocenters. The van der Waals surface area contributed by atoms with Crippen LogP contribution in [0.25, 0.3) is 0 Å². The summed E-state index contributed by atoms with van der Waals surface area (Å²) >= 11 is 0. The van der Waals surface area contributed by atoms with Crippen molar-refractivity contribution in [2.75, 3.05) is 12.0 Å². The largest absolute Gasteiger partial charge is 0.497 e. The van der Waals surface area contributed by atoms with Gasteiger partial charge in [0.05, 0.1) is 19.1 Å². The van der Waals surface area contributed by atoms with Gasteiger partial charge in [0.25, 0.3) is 0 Å². The summed E-state index contributed by atoms with van der Waals surface area (Å²) in [6.07, 6.45) is 1.73. The Balaban J connectivity index is 1.96. The normalized spacial score (nSPS) is 20.8. The highest BCUT2D eigenvalue weighted by atomic mass is 16.5. The molecule has 1 fully saturated rings. The molecule has 0 saturated carbocycles. The third-order valence-electron chi connectivity index (χ3n) is 3.89. The molecule has 1 amide bonds. The van der Waals surface area contributed by atoms with Crippen molar-refractivity contribution in [3.63, 3.8) is 0 Å². The highest BCUT2D eigenvalue weighted by Crippen LogP contribution is 2.44. The van der Waals surface area contributed by atoms with Crippen molar-refractivity contribution in [2.24, 2.45) is 5.92 Å². The lowest BCUT2D eigenvalue weighted by Gasteiger charge is -2.46. The van der Waals surface area contributed by atoms with E-state index in [1.54, 1.807) is 13.2 Å². The van der Waals surface area contributed by atoms with Gasteiger partial charge in [-0.25, -0.2) is 0 Å². The summed E-state index contributed by atoms with van der Waals surface area (Å²) in [7, 11) is 1.64. The lowest BCUT2D eigenvalue weighted by atomic mass is 9.82. The number of ether oxygens (including phenoxy) is 1. The number of carbonyl (C=O) groups excluding carboxylic acids is 1. The Hall–Kier alpha value is -2.55. The van der Waals surface area contributed by atoms with Gasteiger partial charge in [-0.05, 0) is 29.8 Å². The molecule has 2 aromatic rings. The lowest BCUT2D eigenvalue weighted by molar-refractivity contribution is -0.128. The third-order valence-corrected chi connectivity index (χ3v) is 3.89. The van der Waals surface area contributed by atoms with Gasteiger partial charge in [0.1, 0.15) is 5.75 Å². The summed E-state index contributed by atoms with van der Waals surface area (Å²) in [5.41, 5.74) is 2.01. The maximum atomic E-state index is 12.3. The first kappa shape index (κ1) is 13.4. The Bertz CT molecular complexity index is 649. The van der Waals surface area contributed by atoms with Crippen LogP contribution in [0.3, 0.4) is 0 Å². The molecule has 21 heavy (non-hydrogen) atoms. The molecule has 106 valence electrons. The van der Waals surface area contributed by atoms with Gasteiger partial charge in [-0.1, -0.05) is 36.4 Å². The molecule has 1 saturated heterocycles. The smallest absolute Gasteiger partial charge is 0.236 e. The van der Waals surface area contributed by atoms with Crippen LogP contribution in [-0.2, 0) is 4.79 Å². The number of para-hydroxylation sites is 1. The second kappa shape index (κ2) is 5.44. The molecule has 0 bridgehead atoms. The van der Waals surface area contributed by atoms with E-state index in [-0.39, 0.29) is 17.9 Å². The van der Waals surface area contributed by atoms with Gasteiger partial charge < -0.3 is 9.64 Å². The van der Waals surface area contributed by atoms with E-state index in [9.17, 15) is 4.79 Å². The van der Waals surface area contributed by atoms with Crippen LogP contribution in [0.4, 0.5) is 5.69 Å². The maximum Gasteiger partial charge on any atom is 0.236 e. The zero-order valence-electron chi connectivity index (χ0n) is 11.9. The molecule has 1 aliphatic rings. The van der Waals surface area contributed by atoms with E-state index in [0.29, 0.717) is 0 Å². The minimum atomic E-state index is -0.168. The Morgan fingerprint density at radius 1 is 1.10 bits per heavy atom. The highest BCUT2D eigenvalue weighted by Gasteiger charge is 2.46. The molecule has 1 heterocycles. The molecule has 0 N–H and O–H groups in total. The van der Waals surface area contributed by atoms with E-state index in [1.807, 2.05) is 59.5 Å². The first-order valence-electron chi connectivity index (χ1n) is 6.91. The van der Waals surface area contributed by atoms with Crippen LogP contribution >= 0.6 is 0 Å². The number of amides is 1. The van der Waals surface area contributed by atoms with Crippen molar-refractivity contribution in [3.05, 3.63) is 72.8 Å². The van der Waals surface area contributed by atoms with E-state index in [4.69, 9.17) is 4.74 Å². The number of anilines is 1. The minimum absolute atomic E-state index is 0.00306. The number of benzene rings is 2. The van der Waals surface area contributed by atoms with E-state index < -0.39 is 0 Å². The number of hydrogen-bond donors (Lipinski definition) is 0. The molecule has 0 radical (unpaired) electrons. The molecular weight excluding hydrogens is 262 g/mol. The second-order valence-corrected chi connectivity index (χ2v) is 5.02. The number of β-lactam (4-membered cyclic amide) rings is 1. The van der Waals surface area contributed by atoms with E-state index >= 15 is 0 Å². The Morgan fingerprint density at radius 2 is 1.76 bits per heavy atom. The van der Waals surface area contributed by atoms with Crippen molar-refractivity contribution >= 4 is 11.6 Å². The summed E-state index contributed by atoms with van der Waals surface area (Å²) in [6.45, 7) is 3.80. The lowest BCUT2D eigenvalue weighted by Crippen LogP contribution is -2.54. The molecule has 0 aliphatic carbocycles. The molecule has 0 unspecified atom stereocenters. The molecule has 3 nitrogen and oxygen atoms in total. The fraction of sp³-hybridized carbons (Fsp3) is 0.167. The first-order chi connectivity index (χ1) is 10.3. The van der Waals surface area contributed by atoms with Gasteiger partial charge in [0.15, 0.2) is 0 Å². The third kappa shape index (κ3) is 2.21. The Kier molecular flexibility index (Phi) is 3.48. The predicted octanol–water partition coefficient (Wildman–Crippen LogP) is 3.59. The number of carbonyl (C=O) groups is 1. The number of nitrogens with zero attached hydrogens (tertiary/aromatic N) is 1. The van der Waals surface area contributed by atoms with Crippen LogP contribution < -0.4 is 9.64 Å². The fourth-order valence-electron chi connectivity index (χ4n) is 2.77. The van der Waals surface area contributed by atoms with Crippen molar-refractivity contribution in [2.45, 2.75) is 6.04 Å². The molecular formula is C18H17NO2. The van der Waals surface area contributed by atoms with Gasteiger partial charge in [0.2, 0.25) is 5.91 Å². The highest BCUT2D eigenvalue weighted by molar-refractivity contribution is 6.04. The summed E-state index contributed by atoms with van der Waals surface area (Å²) in [4.78, 5) is 14.2. The van der Waals surface area contributed by atoms with Crippen LogP contribution in [0.2, 0.25) is 0 Å². The van der Waals surface area contributed by atoms with E-state index in [2.05, 4.69) is 6.58 Å². The summed E-state index contributed by atoms with van der Waals surface area (Å²) in [5, 5.41) is 0. The first-order valence-corrected chi connectivity index (χ1v) is 6.91. The van der Waals surface area contributed by atoms with Crippen molar-refractivity contribution in [1.29, 1.82) is 0 Å². The zero-order chi connectivity index (χ0) is 14.8. The molecule has 0 aromatic heterocycles. The molecule has 2 aromatic carbocycles. The molecule has 1 aliphatic heterocycles. The monoisotopic (exact) mass is 279 g/mol. The standard InChI is InChI=1S/C18H17NO2/c1-3-16-17(13-9-11-15(21-2)12-10-13)19(18(16)20)14-7-5-4-6-8-14/h3-12,16-17H,1H2,2H3/t16-,17-/m0/s1. The van der Waals surface area contributed by atoms with Crippen molar-refractivity contribution in [3.8, 4) is 5.75 Å². The predicted molar refractivity (Wildman–Crippen MR) is 83.4 cm³/mol. The Morgan fingerprint density at radius 3 is 2.33 bits per heavy atom. The quantitative estimate of drug-likeness (QED) is 0.632. The number of methoxy groups -OCH3 is 1. The summed E-state index contributed by atoms with van der Waals surface area (Å²) in [5.74, 6) is 0.737. The molecule has 3 rings (SSSR count). The topological polar surface area (TPSA) is 29.5 Å².